The van der Waals surface area contributed by atoms with Crippen molar-refractivity contribution < 1.29 is 29.4 Å². The van der Waals surface area contributed by atoms with E-state index in [0.29, 0.717) is 5.56 Å². The summed E-state index contributed by atoms with van der Waals surface area (Å²) in [5, 5.41) is 22.0. The van der Waals surface area contributed by atoms with Gasteiger partial charge in [0.25, 0.3) is 5.91 Å². The van der Waals surface area contributed by atoms with Gasteiger partial charge in [-0.1, -0.05) is 30.3 Å². The van der Waals surface area contributed by atoms with Gasteiger partial charge in [0, 0.05) is 6.92 Å². The first-order valence-electron chi connectivity index (χ1n) is 6.59. The third-order valence-corrected chi connectivity index (χ3v) is 2.65. The Balaban J connectivity index is 3.00. The van der Waals surface area contributed by atoms with E-state index in [-0.39, 0.29) is 5.70 Å². The number of carboxylic acid groups (broad SMARTS) is 2. The van der Waals surface area contributed by atoms with Crippen LogP contribution in [0, 0.1) is 0 Å². The van der Waals surface area contributed by atoms with Gasteiger partial charge in [-0.15, -0.1) is 0 Å². The number of hydrogen-bond acceptors (Lipinski definition) is 4. The standard InChI is InChI=1S/C15H16N2O6/c1-9(18)16-11(7-10-5-3-2-4-6-10)14(21)17-12(15(22)23)8-13(19)20/h2-7,12H,8H2,1H3,(H,16,18)(H,17,21)(H,19,20)(H,22,23)/t12-/m0/s1. The molecule has 0 aliphatic rings. The number of hydrogen-bond donors (Lipinski definition) is 4. The van der Waals surface area contributed by atoms with Crippen LogP contribution in [0.3, 0.4) is 0 Å². The molecule has 0 saturated carbocycles. The van der Waals surface area contributed by atoms with Gasteiger partial charge < -0.3 is 20.8 Å². The molecule has 0 radical (unpaired) electrons. The van der Waals surface area contributed by atoms with Crippen molar-refractivity contribution in [3.8, 4) is 0 Å². The van der Waals surface area contributed by atoms with Crippen LogP contribution in [0.25, 0.3) is 6.08 Å². The van der Waals surface area contributed by atoms with Crippen LogP contribution < -0.4 is 10.6 Å². The van der Waals surface area contributed by atoms with Crippen LogP contribution in [0.5, 0.6) is 0 Å². The van der Waals surface area contributed by atoms with Crippen molar-refractivity contribution >= 4 is 29.8 Å². The highest BCUT2D eigenvalue weighted by molar-refractivity contribution is 6.02. The first-order chi connectivity index (χ1) is 10.8. The van der Waals surface area contributed by atoms with Gasteiger partial charge in [0.15, 0.2) is 0 Å². The normalized spacial score (nSPS) is 12.1. The molecule has 1 aromatic rings. The largest absolute Gasteiger partial charge is 0.481 e. The number of nitrogens with one attached hydrogen (secondary N) is 2. The molecule has 8 nitrogen and oxygen atoms in total. The predicted molar refractivity (Wildman–Crippen MR) is 80.1 cm³/mol. The minimum Gasteiger partial charge on any atom is -0.481 e. The average molecular weight is 320 g/mol. The SMILES string of the molecule is CC(=O)NC(=Cc1ccccc1)C(=O)N[C@@H](CC(=O)O)C(=O)O. The van der Waals surface area contributed by atoms with Crippen molar-refractivity contribution in [3.05, 3.63) is 41.6 Å². The zero-order chi connectivity index (χ0) is 17.4. The van der Waals surface area contributed by atoms with Gasteiger partial charge in [0.1, 0.15) is 11.7 Å². The van der Waals surface area contributed by atoms with E-state index in [4.69, 9.17) is 10.2 Å². The van der Waals surface area contributed by atoms with Gasteiger partial charge >= 0.3 is 11.9 Å². The molecule has 1 atom stereocenters. The fraction of sp³-hybridized carbons (Fsp3) is 0.200. The summed E-state index contributed by atoms with van der Waals surface area (Å²) in [6, 6.07) is 6.97. The summed E-state index contributed by atoms with van der Waals surface area (Å²) in [6.45, 7) is 1.19. The Hall–Kier alpha value is -3.16. The molecule has 0 fully saturated rings. The fourth-order valence-electron chi connectivity index (χ4n) is 1.67. The van der Waals surface area contributed by atoms with Gasteiger partial charge in [0.2, 0.25) is 5.91 Å². The Kier molecular flexibility index (Phi) is 6.47. The molecule has 122 valence electrons. The maximum Gasteiger partial charge on any atom is 0.326 e. The first-order valence-corrected chi connectivity index (χ1v) is 6.59. The lowest BCUT2D eigenvalue weighted by atomic mass is 10.1. The summed E-state index contributed by atoms with van der Waals surface area (Å²) in [4.78, 5) is 45.0. The molecule has 0 aromatic heterocycles. The summed E-state index contributed by atoms with van der Waals surface area (Å²) in [7, 11) is 0. The van der Waals surface area contributed by atoms with Crippen molar-refractivity contribution in [2.75, 3.05) is 0 Å². The van der Waals surface area contributed by atoms with Crippen LogP contribution in [0.2, 0.25) is 0 Å². The molecule has 0 heterocycles. The number of benzene rings is 1. The highest BCUT2D eigenvalue weighted by Gasteiger charge is 2.24. The van der Waals surface area contributed by atoms with Crippen molar-refractivity contribution in [1.82, 2.24) is 10.6 Å². The smallest absolute Gasteiger partial charge is 0.326 e. The Morgan fingerprint density at radius 3 is 2.22 bits per heavy atom. The van der Waals surface area contributed by atoms with E-state index in [1.165, 1.54) is 13.0 Å². The van der Waals surface area contributed by atoms with Gasteiger partial charge in [0.05, 0.1) is 6.42 Å². The molecule has 1 rings (SSSR count). The molecule has 1 aromatic carbocycles. The Bertz CT molecular complexity index is 639. The van der Waals surface area contributed by atoms with Crippen molar-refractivity contribution in [1.29, 1.82) is 0 Å². The summed E-state index contributed by atoms with van der Waals surface area (Å²) in [6.07, 6.45) is 0.580. The number of rotatable bonds is 7. The molecule has 0 bridgehead atoms. The van der Waals surface area contributed by atoms with E-state index in [1.54, 1.807) is 30.3 Å². The van der Waals surface area contributed by atoms with Gasteiger partial charge in [-0.05, 0) is 11.6 Å². The quantitative estimate of drug-likeness (QED) is 0.531. The monoisotopic (exact) mass is 320 g/mol. The van der Waals surface area contributed by atoms with Crippen LogP contribution in [-0.4, -0.2) is 40.0 Å². The van der Waals surface area contributed by atoms with Crippen LogP contribution >= 0.6 is 0 Å². The molecule has 0 aliphatic heterocycles. The van der Waals surface area contributed by atoms with E-state index in [9.17, 15) is 19.2 Å². The minimum absolute atomic E-state index is 0.180. The second kappa shape index (κ2) is 8.32. The Labute approximate surface area is 131 Å². The summed E-state index contributed by atoms with van der Waals surface area (Å²) in [5.74, 6) is -4.27. The van der Waals surface area contributed by atoms with Crippen LogP contribution in [-0.2, 0) is 19.2 Å². The van der Waals surface area contributed by atoms with Gasteiger partial charge in [-0.25, -0.2) is 4.79 Å². The van der Waals surface area contributed by atoms with Crippen molar-refractivity contribution in [2.24, 2.45) is 0 Å². The van der Waals surface area contributed by atoms with Gasteiger partial charge in [-0.3, -0.25) is 14.4 Å². The predicted octanol–water partition coefficient (Wildman–Crippen LogP) is 0.208. The minimum atomic E-state index is -1.60. The molecule has 8 heteroatoms. The second-order valence-electron chi connectivity index (χ2n) is 4.61. The van der Waals surface area contributed by atoms with Crippen LogP contribution in [0.15, 0.2) is 36.0 Å². The summed E-state index contributed by atoms with van der Waals surface area (Å²) in [5.41, 5.74) is 0.428. The fourth-order valence-corrected chi connectivity index (χ4v) is 1.67. The number of amides is 2. The lowest BCUT2D eigenvalue weighted by molar-refractivity contribution is -0.147. The number of carbonyl (C=O) groups excluding carboxylic acids is 2. The molecule has 0 saturated heterocycles. The van der Waals surface area contributed by atoms with Crippen molar-refractivity contribution in [2.45, 2.75) is 19.4 Å². The van der Waals surface area contributed by atoms with E-state index >= 15 is 0 Å². The lowest BCUT2D eigenvalue weighted by Gasteiger charge is -2.14. The first kappa shape index (κ1) is 17.9. The third-order valence-electron chi connectivity index (χ3n) is 2.65. The zero-order valence-electron chi connectivity index (χ0n) is 12.3. The maximum atomic E-state index is 12.1. The van der Waals surface area contributed by atoms with E-state index in [0.717, 1.165) is 0 Å². The number of carbonyl (C=O) groups is 4. The Morgan fingerprint density at radius 2 is 1.74 bits per heavy atom. The average Bonchev–Trinajstić information content (AvgIpc) is 2.45. The van der Waals surface area contributed by atoms with Crippen LogP contribution in [0.1, 0.15) is 18.9 Å². The number of aliphatic carboxylic acids is 2. The molecule has 4 N–H and O–H groups in total. The van der Waals surface area contributed by atoms with E-state index in [1.807, 2.05) is 0 Å². The molecule has 0 spiro atoms. The van der Waals surface area contributed by atoms with Crippen molar-refractivity contribution in [3.63, 3.8) is 0 Å². The topological polar surface area (TPSA) is 133 Å². The molecular formula is C15H16N2O6. The lowest BCUT2D eigenvalue weighted by Crippen LogP contribution is -2.45. The van der Waals surface area contributed by atoms with E-state index in [2.05, 4.69) is 10.6 Å². The van der Waals surface area contributed by atoms with E-state index < -0.39 is 36.2 Å². The molecule has 0 unspecified atom stereocenters. The summed E-state index contributed by atoms with van der Waals surface area (Å²) >= 11 is 0. The highest BCUT2D eigenvalue weighted by atomic mass is 16.4. The molecule has 23 heavy (non-hydrogen) atoms. The second-order valence-corrected chi connectivity index (χ2v) is 4.61. The van der Waals surface area contributed by atoms with Gasteiger partial charge in [-0.2, -0.15) is 0 Å². The molecular weight excluding hydrogens is 304 g/mol. The maximum absolute atomic E-state index is 12.1. The van der Waals surface area contributed by atoms with Crippen LogP contribution in [0.4, 0.5) is 0 Å². The highest BCUT2D eigenvalue weighted by Crippen LogP contribution is 2.06. The third kappa shape index (κ3) is 6.42. The molecule has 2 amide bonds. The summed E-state index contributed by atoms with van der Waals surface area (Å²) < 4.78 is 0. The Morgan fingerprint density at radius 1 is 1.13 bits per heavy atom. The number of carboxylic acids is 2. The molecule has 0 aliphatic carbocycles. The zero-order valence-corrected chi connectivity index (χ0v) is 12.3.